The number of hydrogen-bond acceptors (Lipinski definition) is 2. The highest BCUT2D eigenvalue weighted by Crippen LogP contribution is 2.48. The quantitative estimate of drug-likeness (QED) is 0.352. The first kappa shape index (κ1) is 23.9. The van der Waals surface area contributed by atoms with Crippen molar-refractivity contribution in [3.8, 4) is 11.3 Å². The van der Waals surface area contributed by atoms with Gasteiger partial charge in [-0.15, -0.1) is 11.6 Å². The van der Waals surface area contributed by atoms with Crippen LogP contribution in [0.5, 0.6) is 0 Å². The van der Waals surface area contributed by atoms with Crippen molar-refractivity contribution in [1.29, 1.82) is 0 Å². The number of nitrogens with zero attached hydrogens (tertiary/aromatic N) is 2. The molecule has 1 atom stereocenters. The third-order valence-corrected chi connectivity index (χ3v) is 5.93. The summed E-state index contributed by atoms with van der Waals surface area (Å²) in [6, 6.07) is 1.12. The van der Waals surface area contributed by atoms with Gasteiger partial charge in [-0.25, -0.2) is 4.39 Å². The lowest BCUT2D eigenvalue weighted by Gasteiger charge is -2.15. The van der Waals surface area contributed by atoms with Crippen molar-refractivity contribution in [3.05, 3.63) is 39.8 Å². The molecule has 162 valence electrons. The predicted molar refractivity (Wildman–Crippen MR) is 89.0 cm³/mol. The van der Waals surface area contributed by atoms with Crippen LogP contribution in [-0.2, 0) is 30.4 Å². The van der Waals surface area contributed by atoms with Crippen molar-refractivity contribution in [2.75, 3.05) is 0 Å². The van der Waals surface area contributed by atoms with Crippen molar-refractivity contribution < 1.29 is 45.1 Å². The minimum atomic E-state index is -5.54. The molecule has 1 aromatic heterocycles. The number of halogens is 9. The highest BCUT2D eigenvalue weighted by atomic mass is 35.5. The second-order valence-electron chi connectivity index (χ2n) is 5.84. The van der Waals surface area contributed by atoms with Crippen LogP contribution >= 0.6 is 30.8 Å². The molecule has 29 heavy (non-hydrogen) atoms. The van der Waals surface area contributed by atoms with E-state index in [0.29, 0.717) is 19.2 Å². The summed E-state index contributed by atoms with van der Waals surface area (Å²) in [4.78, 5) is 18.1. The van der Waals surface area contributed by atoms with E-state index in [9.17, 15) is 35.3 Å². The third kappa shape index (κ3) is 5.05. The van der Waals surface area contributed by atoms with Gasteiger partial charge in [-0.3, -0.25) is 9.25 Å². The van der Waals surface area contributed by atoms with Gasteiger partial charge in [0.1, 0.15) is 22.2 Å². The van der Waals surface area contributed by atoms with Crippen LogP contribution in [0, 0.1) is 5.82 Å². The maximum Gasteiger partial charge on any atom is 0.433 e. The SMILES string of the molecule is Cn1nc(-c2cc(CC(Cl)P(=O)(O)O)c(Cl)cc2F)c(C(F)(F)F)c1C(F)(F)F. The summed E-state index contributed by atoms with van der Waals surface area (Å²) >= 11 is 11.3. The Morgan fingerprint density at radius 2 is 1.72 bits per heavy atom. The average molecular weight is 489 g/mol. The number of aromatic nitrogens is 2. The first-order valence-electron chi connectivity index (χ1n) is 7.33. The number of hydrogen-bond donors (Lipinski definition) is 2. The highest BCUT2D eigenvalue weighted by Gasteiger charge is 2.49. The van der Waals surface area contributed by atoms with Crippen molar-refractivity contribution >= 4 is 30.8 Å². The molecule has 15 heteroatoms. The lowest BCUT2D eigenvalue weighted by Crippen LogP contribution is -2.19. The average Bonchev–Trinajstić information content (AvgIpc) is 2.86. The van der Waals surface area contributed by atoms with Gasteiger partial charge in [0.05, 0.1) is 0 Å². The van der Waals surface area contributed by atoms with Crippen LogP contribution in [0.4, 0.5) is 30.7 Å². The summed E-state index contributed by atoms with van der Waals surface area (Å²) in [6.45, 7) is 0. The second kappa shape index (κ2) is 7.73. The number of rotatable bonds is 4. The molecule has 2 N–H and O–H groups in total. The monoisotopic (exact) mass is 488 g/mol. The maximum absolute atomic E-state index is 14.3. The van der Waals surface area contributed by atoms with E-state index in [2.05, 4.69) is 5.10 Å². The first-order chi connectivity index (χ1) is 12.9. The Morgan fingerprint density at radius 3 is 2.17 bits per heavy atom. The van der Waals surface area contributed by atoms with Crippen LogP contribution in [0.15, 0.2) is 12.1 Å². The van der Waals surface area contributed by atoms with Crippen molar-refractivity contribution in [2.24, 2.45) is 7.05 Å². The van der Waals surface area contributed by atoms with E-state index in [4.69, 9.17) is 33.0 Å². The van der Waals surface area contributed by atoms with Gasteiger partial charge in [0.2, 0.25) is 0 Å². The summed E-state index contributed by atoms with van der Waals surface area (Å²) in [6.07, 6.45) is -11.7. The molecular formula is C14H10Cl2F7N2O3P. The number of benzene rings is 1. The Kier molecular flexibility index (Phi) is 6.39. The van der Waals surface area contributed by atoms with Gasteiger partial charge in [0.25, 0.3) is 0 Å². The molecule has 0 aliphatic rings. The molecule has 2 rings (SSSR count). The molecule has 0 spiro atoms. The van der Waals surface area contributed by atoms with Gasteiger partial charge >= 0.3 is 19.9 Å². The Labute approximate surface area is 168 Å². The minimum absolute atomic E-state index is 0.0775. The smallest absolute Gasteiger partial charge is 0.323 e. The van der Waals surface area contributed by atoms with Crippen LogP contribution in [0.25, 0.3) is 11.3 Å². The van der Waals surface area contributed by atoms with Gasteiger partial charge in [-0.05, 0) is 17.7 Å². The summed E-state index contributed by atoms with van der Waals surface area (Å²) in [5.41, 5.74) is -6.99. The van der Waals surface area contributed by atoms with Crippen LogP contribution in [0.3, 0.4) is 0 Å². The van der Waals surface area contributed by atoms with E-state index >= 15 is 0 Å². The normalized spacial score (nSPS) is 14.3. The summed E-state index contributed by atoms with van der Waals surface area (Å²) < 4.78 is 105. The fraction of sp³-hybridized carbons (Fsp3) is 0.357. The molecule has 0 fully saturated rings. The predicted octanol–water partition coefficient (Wildman–Crippen LogP) is 5.20. The zero-order chi connectivity index (χ0) is 22.5. The summed E-state index contributed by atoms with van der Waals surface area (Å²) in [5.74, 6) is -1.42. The minimum Gasteiger partial charge on any atom is -0.323 e. The van der Waals surface area contributed by atoms with E-state index in [1.165, 1.54) is 0 Å². The molecule has 2 aromatic rings. The van der Waals surface area contributed by atoms with Gasteiger partial charge in [-0.1, -0.05) is 11.6 Å². The lowest BCUT2D eigenvalue weighted by atomic mass is 10.0. The first-order valence-corrected chi connectivity index (χ1v) is 9.83. The Morgan fingerprint density at radius 1 is 1.17 bits per heavy atom. The van der Waals surface area contributed by atoms with Crippen molar-refractivity contribution in [1.82, 2.24) is 9.78 Å². The molecule has 0 radical (unpaired) electrons. The zero-order valence-electron chi connectivity index (χ0n) is 14.0. The lowest BCUT2D eigenvalue weighted by molar-refractivity contribution is -0.165. The maximum atomic E-state index is 14.3. The topological polar surface area (TPSA) is 75.4 Å². The second-order valence-corrected chi connectivity index (χ2v) is 8.88. The molecule has 0 aliphatic carbocycles. The molecule has 0 bridgehead atoms. The zero-order valence-corrected chi connectivity index (χ0v) is 16.4. The number of aryl methyl sites for hydroxylation is 1. The van der Waals surface area contributed by atoms with E-state index in [1.807, 2.05) is 0 Å². The molecule has 0 aliphatic heterocycles. The Balaban J connectivity index is 2.76. The van der Waals surface area contributed by atoms with E-state index in [0.717, 1.165) is 0 Å². The van der Waals surface area contributed by atoms with Gasteiger partial charge in [0.15, 0.2) is 5.69 Å². The molecular weight excluding hydrogens is 479 g/mol. The van der Waals surface area contributed by atoms with Crippen molar-refractivity contribution in [3.63, 3.8) is 0 Å². The molecule has 0 saturated heterocycles. The fourth-order valence-electron chi connectivity index (χ4n) is 2.54. The van der Waals surface area contributed by atoms with E-state index in [1.54, 1.807) is 0 Å². The third-order valence-electron chi connectivity index (χ3n) is 3.74. The van der Waals surface area contributed by atoms with Crippen LogP contribution < -0.4 is 0 Å². The Hall–Kier alpha value is -1.33. The molecule has 1 aromatic carbocycles. The van der Waals surface area contributed by atoms with Crippen LogP contribution in [0.2, 0.25) is 5.02 Å². The van der Waals surface area contributed by atoms with Crippen LogP contribution in [0.1, 0.15) is 16.8 Å². The van der Waals surface area contributed by atoms with E-state index in [-0.39, 0.29) is 10.2 Å². The summed E-state index contributed by atoms with van der Waals surface area (Å²) in [5, 5.41) is 0.889. The van der Waals surface area contributed by atoms with Crippen LogP contribution in [-0.4, -0.2) is 24.7 Å². The standard InChI is InChI=1S/C14H10Cl2F7N2O3P/c1-25-12(14(21,22)23)10(13(18,19)20)11(24-25)6-2-5(7(15)4-8(6)17)3-9(16)29(26,27)28/h2,4,9H,3H2,1H3,(H2,26,27,28). The molecule has 0 saturated carbocycles. The number of alkyl halides is 7. The van der Waals surface area contributed by atoms with E-state index < -0.39 is 64.8 Å². The Bertz CT molecular complexity index is 985. The molecule has 0 amide bonds. The van der Waals surface area contributed by atoms with Gasteiger partial charge < -0.3 is 9.79 Å². The molecule has 1 unspecified atom stereocenters. The molecule has 5 nitrogen and oxygen atoms in total. The molecule has 1 heterocycles. The largest absolute Gasteiger partial charge is 0.433 e. The fourth-order valence-corrected chi connectivity index (χ4v) is 3.37. The summed E-state index contributed by atoms with van der Waals surface area (Å²) in [7, 11) is -4.23. The van der Waals surface area contributed by atoms with Gasteiger partial charge in [0, 0.05) is 24.1 Å². The highest BCUT2D eigenvalue weighted by molar-refractivity contribution is 7.54. The van der Waals surface area contributed by atoms with Gasteiger partial charge in [-0.2, -0.15) is 31.4 Å². The van der Waals surface area contributed by atoms with Crippen molar-refractivity contribution in [2.45, 2.75) is 23.9 Å².